The fourth-order valence-corrected chi connectivity index (χ4v) is 3.68. The summed E-state index contributed by atoms with van der Waals surface area (Å²) < 4.78 is 11.4. The molecule has 0 spiro atoms. The molecule has 1 amide bonds. The summed E-state index contributed by atoms with van der Waals surface area (Å²) in [4.78, 5) is 17.2. The fourth-order valence-electron chi connectivity index (χ4n) is 3.68. The minimum atomic E-state index is -0.374. The van der Waals surface area contributed by atoms with Crippen LogP contribution in [0.25, 0.3) is 0 Å². The van der Waals surface area contributed by atoms with Crippen molar-refractivity contribution in [3.8, 4) is 0 Å². The molecule has 0 aliphatic carbocycles. The summed E-state index contributed by atoms with van der Waals surface area (Å²) in [7, 11) is 4.18. The lowest BCUT2D eigenvalue weighted by Crippen LogP contribution is -2.53. The monoisotopic (exact) mass is 326 g/mol. The van der Waals surface area contributed by atoms with Gasteiger partial charge in [0.15, 0.2) is 0 Å². The lowest BCUT2D eigenvalue weighted by atomic mass is 9.93. The topological polar surface area (TPSA) is 42.0 Å². The van der Waals surface area contributed by atoms with E-state index in [4.69, 9.17) is 9.47 Å². The van der Waals surface area contributed by atoms with Crippen LogP contribution in [-0.2, 0) is 14.3 Å². The normalized spacial score (nSPS) is 30.0. The van der Waals surface area contributed by atoms with Gasteiger partial charge in [-0.1, -0.05) is 0 Å². The molecule has 2 aliphatic heterocycles. The molecule has 2 aliphatic rings. The molecule has 0 aromatic rings. The number of carbonyl (C=O) groups is 1. The first-order valence-corrected chi connectivity index (χ1v) is 9.19. The quantitative estimate of drug-likeness (QED) is 0.720. The zero-order chi connectivity index (χ0) is 16.8. The number of rotatable bonds is 7. The number of nitrogens with zero attached hydrogens (tertiary/aromatic N) is 2. The van der Waals surface area contributed by atoms with E-state index in [1.165, 1.54) is 6.42 Å². The molecule has 23 heavy (non-hydrogen) atoms. The molecule has 0 radical (unpaired) electrons. The van der Waals surface area contributed by atoms with Gasteiger partial charge in [0.25, 0.3) is 5.91 Å². The third kappa shape index (κ3) is 5.44. The maximum absolute atomic E-state index is 12.9. The van der Waals surface area contributed by atoms with E-state index < -0.39 is 0 Å². The highest BCUT2D eigenvalue weighted by Crippen LogP contribution is 2.26. The van der Waals surface area contributed by atoms with Crippen molar-refractivity contribution >= 4 is 5.91 Å². The van der Waals surface area contributed by atoms with Crippen LogP contribution in [0.4, 0.5) is 0 Å². The number of likely N-dealkylation sites (tertiary alicyclic amines) is 1. The average molecular weight is 326 g/mol. The van der Waals surface area contributed by atoms with E-state index in [2.05, 4.69) is 30.8 Å². The molecule has 4 atom stereocenters. The van der Waals surface area contributed by atoms with Gasteiger partial charge in [0, 0.05) is 18.7 Å². The number of piperidine rings is 1. The molecule has 2 fully saturated rings. The molecule has 0 aromatic carbocycles. The summed E-state index contributed by atoms with van der Waals surface area (Å²) in [6.45, 7) is 6.45. The maximum atomic E-state index is 12.9. The molecule has 2 saturated heterocycles. The minimum absolute atomic E-state index is 0.152. The predicted octanol–water partition coefficient (Wildman–Crippen LogP) is 2.29. The third-order valence-corrected chi connectivity index (χ3v) is 5.10. The SMILES string of the molecule is CC(OCC1CCCO1)C(=O)N1C(C)CCCC1CCN(C)C. The Balaban J connectivity index is 1.89. The number of carbonyl (C=O) groups excluding carboxylic acids is 1. The van der Waals surface area contributed by atoms with Crippen LogP contribution in [0.3, 0.4) is 0 Å². The molecule has 2 heterocycles. The van der Waals surface area contributed by atoms with Gasteiger partial charge in [-0.3, -0.25) is 4.79 Å². The van der Waals surface area contributed by atoms with E-state index in [0.29, 0.717) is 18.7 Å². The highest BCUT2D eigenvalue weighted by molar-refractivity contribution is 5.81. The molecule has 5 heteroatoms. The number of hydrogen-bond acceptors (Lipinski definition) is 4. The van der Waals surface area contributed by atoms with Gasteiger partial charge in [0.2, 0.25) is 0 Å². The summed E-state index contributed by atoms with van der Waals surface area (Å²) >= 11 is 0. The summed E-state index contributed by atoms with van der Waals surface area (Å²) in [5, 5.41) is 0. The van der Waals surface area contributed by atoms with Gasteiger partial charge < -0.3 is 19.3 Å². The van der Waals surface area contributed by atoms with Crippen LogP contribution in [-0.4, -0.2) is 73.9 Å². The van der Waals surface area contributed by atoms with E-state index in [9.17, 15) is 4.79 Å². The zero-order valence-corrected chi connectivity index (χ0v) is 15.3. The van der Waals surface area contributed by atoms with Crippen LogP contribution in [0.15, 0.2) is 0 Å². The smallest absolute Gasteiger partial charge is 0.251 e. The second-order valence-electron chi connectivity index (χ2n) is 7.38. The van der Waals surface area contributed by atoms with Gasteiger partial charge in [0.1, 0.15) is 6.10 Å². The second-order valence-corrected chi connectivity index (χ2v) is 7.38. The van der Waals surface area contributed by atoms with Crippen molar-refractivity contribution in [2.45, 2.75) is 76.7 Å². The first kappa shape index (κ1) is 18.7. The van der Waals surface area contributed by atoms with E-state index in [1.54, 1.807) is 0 Å². The van der Waals surface area contributed by atoms with Crippen molar-refractivity contribution < 1.29 is 14.3 Å². The van der Waals surface area contributed by atoms with Crippen LogP contribution in [0.5, 0.6) is 0 Å². The van der Waals surface area contributed by atoms with Crippen LogP contribution in [0, 0.1) is 0 Å². The average Bonchev–Trinajstić information content (AvgIpc) is 3.03. The van der Waals surface area contributed by atoms with Gasteiger partial charge in [0.05, 0.1) is 12.7 Å². The molecule has 0 N–H and O–H groups in total. The van der Waals surface area contributed by atoms with Crippen LogP contribution < -0.4 is 0 Å². The summed E-state index contributed by atoms with van der Waals surface area (Å²) in [6.07, 6.45) is 6.43. The Bertz CT molecular complexity index is 369. The Kier molecular flexibility index (Phi) is 7.31. The van der Waals surface area contributed by atoms with Crippen molar-refractivity contribution in [1.29, 1.82) is 0 Å². The number of ether oxygens (including phenoxy) is 2. The summed E-state index contributed by atoms with van der Waals surface area (Å²) in [5.74, 6) is 0.152. The third-order valence-electron chi connectivity index (χ3n) is 5.10. The minimum Gasteiger partial charge on any atom is -0.376 e. The molecular formula is C18H34N2O3. The Morgan fingerprint density at radius 1 is 1.30 bits per heavy atom. The Morgan fingerprint density at radius 2 is 2.09 bits per heavy atom. The van der Waals surface area contributed by atoms with Gasteiger partial charge in [-0.25, -0.2) is 0 Å². The standard InChI is InChI=1S/C18H34N2O3/c1-14-7-5-8-16(10-11-19(3)4)20(14)18(21)15(2)23-13-17-9-6-12-22-17/h14-17H,5-13H2,1-4H3. The van der Waals surface area contributed by atoms with Gasteiger partial charge in [-0.2, -0.15) is 0 Å². The molecular weight excluding hydrogens is 292 g/mol. The molecule has 2 rings (SSSR count). The first-order chi connectivity index (χ1) is 11.0. The highest BCUT2D eigenvalue weighted by Gasteiger charge is 2.34. The van der Waals surface area contributed by atoms with Crippen molar-refractivity contribution in [3.63, 3.8) is 0 Å². The largest absolute Gasteiger partial charge is 0.376 e. The van der Waals surface area contributed by atoms with Crippen molar-refractivity contribution in [3.05, 3.63) is 0 Å². The van der Waals surface area contributed by atoms with Crippen LogP contribution in [0.1, 0.15) is 52.4 Å². The molecule has 4 unspecified atom stereocenters. The molecule has 0 aromatic heterocycles. The fraction of sp³-hybridized carbons (Fsp3) is 0.944. The number of amides is 1. The molecule has 5 nitrogen and oxygen atoms in total. The van der Waals surface area contributed by atoms with Crippen LogP contribution >= 0.6 is 0 Å². The van der Waals surface area contributed by atoms with Gasteiger partial charge in [-0.05, 0) is 73.0 Å². The highest BCUT2D eigenvalue weighted by atomic mass is 16.5. The van der Waals surface area contributed by atoms with Crippen molar-refractivity contribution in [2.75, 3.05) is 33.9 Å². The van der Waals surface area contributed by atoms with Crippen LogP contribution in [0.2, 0.25) is 0 Å². The van der Waals surface area contributed by atoms with Gasteiger partial charge in [-0.15, -0.1) is 0 Å². The van der Waals surface area contributed by atoms with E-state index in [0.717, 1.165) is 45.3 Å². The molecule has 0 bridgehead atoms. The van der Waals surface area contributed by atoms with E-state index in [1.807, 2.05) is 6.92 Å². The second kappa shape index (κ2) is 9.00. The number of hydrogen-bond donors (Lipinski definition) is 0. The molecule has 0 saturated carbocycles. The Hall–Kier alpha value is -0.650. The molecule has 134 valence electrons. The van der Waals surface area contributed by atoms with Gasteiger partial charge >= 0.3 is 0 Å². The van der Waals surface area contributed by atoms with Crippen molar-refractivity contribution in [2.24, 2.45) is 0 Å². The Morgan fingerprint density at radius 3 is 2.74 bits per heavy atom. The van der Waals surface area contributed by atoms with E-state index >= 15 is 0 Å². The van der Waals surface area contributed by atoms with Crippen molar-refractivity contribution in [1.82, 2.24) is 9.80 Å². The lowest BCUT2D eigenvalue weighted by molar-refractivity contribution is -0.151. The zero-order valence-electron chi connectivity index (χ0n) is 15.3. The Labute approximate surface area is 141 Å². The van der Waals surface area contributed by atoms with E-state index in [-0.39, 0.29) is 18.1 Å². The summed E-state index contributed by atoms with van der Waals surface area (Å²) in [6, 6.07) is 0.666. The first-order valence-electron chi connectivity index (χ1n) is 9.19. The predicted molar refractivity (Wildman–Crippen MR) is 91.5 cm³/mol. The lowest BCUT2D eigenvalue weighted by Gasteiger charge is -2.42. The summed E-state index contributed by atoms with van der Waals surface area (Å²) in [5.41, 5.74) is 0. The maximum Gasteiger partial charge on any atom is 0.251 e.